The van der Waals surface area contributed by atoms with Gasteiger partial charge in [0.2, 0.25) is 6.79 Å². The van der Waals surface area contributed by atoms with Crippen LogP contribution >= 0.6 is 0 Å². The fourth-order valence-electron chi connectivity index (χ4n) is 6.59. The first kappa shape index (κ1) is 19.9. The molecule has 0 spiro atoms. The van der Waals surface area contributed by atoms with Crippen molar-refractivity contribution < 1.29 is 9.47 Å². The summed E-state index contributed by atoms with van der Waals surface area (Å²) in [6, 6.07) is 6.91. The lowest BCUT2D eigenvalue weighted by Crippen LogP contribution is -2.44. The van der Waals surface area contributed by atoms with Gasteiger partial charge in [0.15, 0.2) is 11.5 Å². The van der Waals surface area contributed by atoms with E-state index in [0.717, 1.165) is 35.2 Å². The molecule has 0 radical (unpaired) electrons. The molecule has 1 aliphatic heterocycles. The van der Waals surface area contributed by atoms with E-state index >= 15 is 0 Å². The van der Waals surface area contributed by atoms with Crippen LogP contribution in [0.1, 0.15) is 79.1 Å². The zero-order valence-corrected chi connectivity index (χ0v) is 18.3. The van der Waals surface area contributed by atoms with Crippen LogP contribution in [0.2, 0.25) is 0 Å². The minimum atomic E-state index is 0.347. The summed E-state index contributed by atoms with van der Waals surface area (Å²) in [6.45, 7) is 10.2. The van der Waals surface area contributed by atoms with E-state index in [9.17, 15) is 0 Å². The van der Waals surface area contributed by atoms with Crippen LogP contribution in [-0.2, 0) is 0 Å². The van der Waals surface area contributed by atoms with Crippen LogP contribution in [0.4, 0.5) is 5.69 Å². The summed E-state index contributed by atoms with van der Waals surface area (Å²) in [5, 5.41) is 3.89. The highest BCUT2D eigenvalue weighted by Gasteiger charge is 2.52. The van der Waals surface area contributed by atoms with Crippen LogP contribution in [0.5, 0.6) is 11.5 Å². The molecule has 3 aliphatic rings. The number of hydrogen-bond acceptors (Lipinski definition) is 3. The van der Waals surface area contributed by atoms with Crippen molar-refractivity contribution in [2.24, 2.45) is 29.1 Å². The molecule has 0 aromatic heterocycles. The normalized spacial score (nSPS) is 32.4. The number of nitrogens with one attached hydrogen (secondary N) is 1. The van der Waals surface area contributed by atoms with E-state index in [-0.39, 0.29) is 0 Å². The summed E-state index contributed by atoms with van der Waals surface area (Å²) in [6.07, 6.45) is 11.1. The van der Waals surface area contributed by atoms with Crippen molar-refractivity contribution in [1.82, 2.24) is 0 Å². The van der Waals surface area contributed by atoms with Crippen molar-refractivity contribution in [2.45, 2.75) is 85.1 Å². The van der Waals surface area contributed by atoms with E-state index in [1.165, 1.54) is 57.1 Å². The fraction of sp³-hybridized carbons (Fsp3) is 0.760. The highest BCUT2D eigenvalue weighted by molar-refractivity contribution is 5.56. The molecule has 0 saturated heterocycles. The minimum absolute atomic E-state index is 0.347. The van der Waals surface area contributed by atoms with Crippen LogP contribution in [0.25, 0.3) is 0 Å². The second-order valence-corrected chi connectivity index (χ2v) is 10.3. The molecule has 4 rings (SSSR count). The Balaban J connectivity index is 1.42. The molecule has 28 heavy (non-hydrogen) atoms. The molecule has 0 bridgehead atoms. The average molecular weight is 386 g/mol. The number of anilines is 1. The molecule has 2 aliphatic carbocycles. The molecular formula is C25H39NO2. The number of hydrogen-bond donors (Lipinski definition) is 1. The third-order valence-corrected chi connectivity index (χ3v) is 8.05. The van der Waals surface area contributed by atoms with Gasteiger partial charge in [0.1, 0.15) is 0 Å². The smallest absolute Gasteiger partial charge is 0.231 e. The maximum absolute atomic E-state index is 5.58. The second-order valence-electron chi connectivity index (χ2n) is 10.3. The van der Waals surface area contributed by atoms with Crippen LogP contribution in [0.3, 0.4) is 0 Å². The van der Waals surface area contributed by atoms with Crippen LogP contribution < -0.4 is 14.8 Å². The number of benzene rings is 1. The van der Waals surface area contributed by atoms with Crippen LogP contribution in [-0.4, -0.2) is 12.8 Å². The minimum Gasteiger partial charge on any atom is -0.454 e. The Morgan fingerprint density at radius 2 is 1.89 bits per heavy atom. The molecule has 3 heteroatoms. The molecule has 1 heterocycles. The molecule has 2 saturated carbocycles. The summed E-state index contributed by atoms with van der Waals surface area (Å²) >= 11 is 0. The van der Waals surface area contributed by atoms with Crippen molar-refractivity contribution in [1.29, 1.82) is 0 Å². The van der Waals surface area contributed by atoms with Crippen molar-refractivity contribution in [3.8, 4) is 11.5 Å². The Morgan fingerprint density at radius 1 is 1.07 bits per heavy atom. The topological polar surface area (TPSA) is 30.5 Å². The Labute approximate surface area is 171 Å². The van der Waals surface area contributed by atoms with E-state index in [2.05, 4.69) is 45.1 Å². The second kappa shape index (κ2) is 8.16. The van der Waals surface area contributed by atoms with E-state index in [4.69, 9.17) is 9.47 Å². The van der Waals surface area contributed by atoms with Gasteiger partial charge in [0, 0.05) is 17.8 Å². The predicted octanol–water partition coefficient (Wildman–Crippen LogP) is 6.87. The molecule has 0 unspecified atom stereocenters. The first-order chi connectivity index (χ1) is 13.5. The SMILES string of the molecule is CC(C)CCC[C@@H](C)[C@H]1CC[C@H]2[C@@H](Nc3ccc4c(c3)OCO4)CCC[C@]12C. The van der Waals surface area contributed by atoms with Gasteiger partial charge in [-0.3, -0.25) is 0 Å². The summed E-state index contributed by atoms with van der Waals surface area (Å²) in [5.41, 5.74) is 1.69. The molecule has 3 nitrogen and oxygen atoms in total. The quantitative estimate of drug-likeness (QED) is 0.555. The van der Waals surface area contributed by atoms with E-state index in [1.54, 1.807) is 0 Å². The van der Waals surface area contributed by atoms with Gasteiger partial charge in [-0.05, 0) is 66.9 Å². The fourth-order valence-corrected chi connectivity index (χ4v) is 6.59. The van der Waals surface area contributed by atoms with E-state index < -0.39 is 0 Å². The lowest BCUT2D eigenvalue weighted by atomic mass is 9.60. The lowest BCUT2D eigenvalue weighted by Gasteiger charge is -2.47. The highest BCUT2D eigenvalue weighted by Crippen LogP contribution is 2.58. The summed E-state index contributed by atoms with van der Waals surface area (Å²) in [5.74, 6) is 5.14. The van der Waals surface area contributed by atoms with Crippen LogP contribution in [0.15, 0.2) is 18.2 Å². The Morgan fingerprint density at radius 3 is 2.71 bits per heavy atom. The van der Waals surface area contributed by atoms with Gasteiger partial charge in [-0.15, -0.1) is 0 Å². The van der Waals surface area contributed by atoms with Gasteiger partial charge >= 0.3 is 0 Å². The van der Waals surface area contributed by atoms with Gasteiger partial charge in [-0.25, -0.2) is 0 Å². The maximum atomic E-state index is 5.58. The maximum Gasteiger partial charge on any atom is 0.231 e. The lowest BCUT2D eigenvalue weighted by molar-refractivity contribution is 0.0584. The first-order valence-electron chi connectivity index (χ1n) is 11.6. The molecule has 1 N–H and O–H groups in total. The molecular weight excluding hydrogens is 346 g/mol. The molecule has 1 aromatic rings. The van der Waals surface area contributed by atoms with Crippen molar-refractivity contribution >= 4 is 5.69 Å². The molecule has 5 atom stereocenters. The van der Waals surface area contributed by atoms with Gasteiger partial charge in [0.25, 0.3) is 0 Å². The van der Waals surface area contributed by atoms with E-state index in [1.807, 2.05) is 6.07 Å². The third kappa shape index (κ3) is 3.86. The summed E-state index contributed by atoms with van der Waals surface area (Å²) < 4.78 is 11.0. The standard InChI is InChI=1S/C25H39NO2/c1-17(2)7-5-8-18(3)20-11-12-21-22(9-6-14-25(20,21)4)26-19-10-13-23-24(15-19)28-16-27-23/h10,13,15,17-18,20-22,26H,5-9,11-12,14,16H2,1-4H3/t18-,20-,21+,22+,25-/m1/s1. The zero-order valence-electron chi connectivity index (χ0n) is 18.3. The number of rotatable bonds is 7. The summed E-state index contributed by atoms with van der Waals surface area (Å²) in [7, 11) is 0. The van der Waals surface area contributed by atoms with Gasteiger partial charge in [0.05, 0.1) is 0 Å². The van der Waals surface area contributed by atoms with Crippen molar-refractivity contribution in [2.75, 3.05) is 12.1 Å². The summed E-state index contributed by atoms with van der Waals surface area (Å²) in [4.78, 5) is 0. The zero-order chi connectivity index (χ0) is 19.7. The van der Waals surface area contributed by atoms with Crippen molar-refractivity contribution in [3.63, 3.8) is 0 Å². The number of fused-ring (bicyclic) bond motifs is 2. The highest BCUT2D eigenvalue weighted by atomic mass is 16.7. The largest absolute Gasteiger partial charge is 0.454 e. The van der Waals surface area contributed by atoms with Crippen molar-refractivity contribution in [3.05, 3.63) is 18.2 Å². The Bertz CT molecular complexity index is 673. The van der Waals surface area contributed by atoms with E-state index in [0.29, 0.717) is 18.2 Å². The van der Waals surface area contributed by atoms with Gasteiger partial charge in [-0.2, -0.15) is 0 Å². The van der Waals surface area contributed by atoms with Gasteiger partial charge < -0.3 is 14.8 Å². The monoisotopic (exact) mass is 385 g/mol. The van der Waals surface area contributed by atoms with Gasteiger partial charge in [-0.1, -0.05) is 53.4 Å². The first-order valence-corrected chi connectivity index (χ1v) is 11.6. The molecule has 156 valence electrons. The Hall–Kier alpha value is -1.38. The molecule has 0 amide bonds. The third-order valence-electron chi connectivity index (χ3n) is 8.05. The predicted molar refractivity (Wildman–Crippen MR) is 116 cm³/mol. The van der Waals surface area contributed by atoms with Crippen LogP contribution in [0, 0.1) is 29.1 Å². The average Bonchev–Trinajstić information content (AvgIpc) is 3.25. The number of ether oxygens (including phenoxy) is 2. The Kier molecular flexibility index (Phi) is 5.81. The molecule has 1 aromatic carbocycles. The molecule has 2 fully saturated rings.